The molecule has 0 unspecified atom stereocenters. The van der Waals surface area contributed by atoms with Gasteiger partial charge in [0.2, 0.25) is 5.91 Å². The van der Waals surface area contributed by atoms with Gasteiger partial charge in [0.15, 0.2) is 5.65 Å². The van der Waals surface area contributed by atoms with E-state index in [1.54, 1.807) is 35.0 Å². The highest BCUT2D eigenvalue weighted by atomic mass is 19.1. The number of hydrogen-bond acceptors (Lipinski definition) is 6. The molecule has 2 aromatic carbocycles. The molecule has 1 saturated carbocycles. The fourth-order valence-electron chi connectivity index (χ4n) is 5.19. The number of amides is 1. The second kappa shape index (κ2) is 9.45. The molecule has 38 heavy (non-hydrogen) atoms. The number of nitrogens with zero attached hydrogens (tertiary/aromatic N) is 5. The van der Waals surface area contributed by atoms with Crippen LogP contribution in [-0.4, -0.2) is 59.0 Å². The van der Waals surface area contributed by atoms with Gasteiger partial charge in [0, 0.05) is 19.0 Å². The van der Waals surface area contributed by atoms with Crippen LogP contribution < -0.4 is 5.56 Å². The lowest BCUT2D eigenvalue weighted by Gasteiger charge is -2.38. The Morgan fingerprint density at radius 1 is 1.11 bits per heavy atom. The predicted octanol–water partition coefficient (Wildman–Crippen LogP) is 2.64. The molecule has 2 aliphatic rings. The first-order valence-electron chi connectivity index (χ1n) is 12.8. The number of benzene rings is 2. The summed E-state index contributed by atoms with van der Waals surface area (Å²) in [6, 6.07) is 11.4. The monoisotopic (exact) mass is 517 g/mol. The van der Waals surface area contributed by atoms with Crippen molar-refractivity contribution in [2.75, 3.05) is 13.1 Å². The Morgan fingerprint density at radius 2 is 1.84 bits per heavy atom. The molecule has 0 atom stereocenters. The summed E-state index contributed by atoms with van der Waals surface area (Å²) in [5.74, 6) is -0.0539. The maximum Gasteiger partial charge on any atom is 0.264 e. The molecule has 1 aliphatic heterocycles. The molecule has 6 rings (SSSR count). The molecule has 1 amide bonds. The molecule has 0 spiro atoms. The first kappa shape index (κ1) is 24.4. The molecule has 196 valence electrons. The van der Waals surface area contributed by atoms with Crippen molar-refractivity contribution >= 4 is 16.9 Å². The number of aliphatic hydroxyl groups is 2. The van der Waals surface area contributed by atoms with Crippen molar-refractivity contribution in [1.29, 1.82) is 0 Å². The molecule has 10 heteroatoms. The van der Waals surface area contributed by atoms with E-state index in [2.05, 4.69) is 10.1 Å². The Morgan fingerprint density at radius 3 is 2.53 bits per heavy atom. The van der Waals surface area contributed by atoms with Crippen LogP contribution >= 0.6 is 0 Å². The van der Waals surface area contributed by atoms with Gasteiger partial charge in [-0.15, -0.1) is 0 Å². The Kier molecular flexibility index (Phi) is 6.08. The van der Waals surface area contributed by atoms with Gasteiger partial charge in [-0.1, -0.05) is 18.2 Å². The fraction of sp³-hybridized carbons (Fsp3) is 0.357. The summed E-state index contributed by atoms with van der Waals surface area (Å²) in [6.45, 7) is 0.865. The molecule has 1 saturated heterocycles. The zero-order valence-corrected chi connectivity index (χ0v) is 20.8. The SMILES string of the molecule is O=C(C1CC1)N1CCC(O)(Cn2cnc3c(cnn3-c3ccc(-c4cc(F)ccc4CO)cc3)c2=O)CC1. The number of hydrogen-bond donors (Lipinski definition) is 2. The van der Waals surface area contributed by atoms with E-state index < -0.39 is 5.60 Å². The van der Waals surface area contributed by atoms with E-state index in [1.165, 1.54) is 29.2 Å². The zero-order valence-electron chi connectivity index (χ0n) is 20.8. The van der Waals surface area contributed by atoms with Crippen molar-refractivity contribution in [3.05, 3.63) is 76.7 Å². The van der Waals surface area contributed by atoms with Crippen molar-refractivity contribution in [3.63, 3.8) is 0 Å². The molecule has 9 nitrogen and oxygen atoms in total. The van der Waals surface area contributed by atoms with E-state index in [0.29, 0.717) is 53.8 Å². The van der Waals surface area contributed by atoms with Crippen LogP contribution in [0.2, 0.25) is 0 Å². The summed E-state index contributed by atoms with van der Waals surface area (Å²) in [5.41, 5.74) is 1.63. The quantitative estimate of drug-likeness (QED) is 0.407. The average molecular weight is 518 g/mol. The van der Waals surface area contributed by atoms with E-state index in [4.69, 9.17) is 0 Å². The summed E-state index contributed by atoms with van der Waals surface area (Å²) >= 11 is 0. The van der Waals surface area contributed by atoms with Crippen molar-refractivity contribution in [2.24, 2.45) is 5.92 Å². The Balaban J connectivity index is 1.22. The lowest BCUT2D eigenvalue weighted by Crippen LogP contribution is -2.50. The Hall–Kier alpha value is -3.89. The number of carbonyl (C=O) groups is 1. The van der Waals surface area contributed by atoms with Crippen molar-refractivity contribution in [1.82, 2.24) is 24.2 Å². The maximum atomic E-state index is 13.8. The Labute approximate surface area is 217 Å². The minimum atomic E-state index is -1.09. The van der Waals surface area contributed by atoms with Crippen LogP contribution in [0, 0.1) is 11.7 Å². The van der Waals surface area contributed by atoms with Gasteiger partial charge in [-0.05, 0) is 66.6 Å². The maximum absolute atomic E-state index is 13.8. The van der Waals surface area contributed by atoms with E-state index >= 15 is 0 Å². The lowest BCUT2D eigenvalue weighted by molar-refractivity contribution is -0.137. The molecule has 0 bridgehead atoms. The summed E-state index contributed by atoms with van der Waals surface area (Å²) in [6.07, 6.45) is 5.62. The first-order chi connectivity index (χ1) is 18.3. The summed E-state index contributed by atoms with van der Waals surface area (Å²) < 4.78 is 16.8. The highest BCUT2D eigenvalue weighted by Gasteiger charge is 2.39. The fourth-order valence-corrected chi connectivity index (χ4v) is 5.19. The number of aliphatic hydroxyl groups excluding tert-OH is 1. The minimum Gasteiger partial charge on any atom is -0.392 e. The largest absolute Gasteiger partial charge is 0.392 e. The van der Waals surface area contributed by atoms with Crippen LogP contribution in [-0.2, 0) is 17.9 Å². The van der Waals surface area contributed by atoms with Crippen molar-refractivity contribution < 1.29 is 19.4 Å². The smallest absolute Gasteiger partial charge is 0.264 e. The molecular weight excluding hydrogens is 489 g/mol. The third-order valence-electron chi connectivity index (χ3n) is 7.62. The summed E-state index contributed by atoms with van der Waals surface area (Å²) in [5, 5.41) is 25.5. The summed E-state index contributed by atoms with van der Waals surface area (Å²) in [7, 11) is 0. The standard InChI is InChI=1S/C28H28FN5O4/c29-21-6-3-20(15-35)23(13-21)18-4-7-22(8-5-18)34-25-24(14-31-34)27(37)33(17-30-25)16-28(38)9-11-32(12-10-28)26(36)19-1-2-19/h3-8,13-14,17,19,35,38H,1-2,9-12,15-16H2. The van der Waals surface area contributed by atoms with E-state index in [0.717, 1.165) is 18.4 Å². The van der Waals surface area contributed by atoms with Crippen LogP contribution in [0.25, 0.3) is 27.8 Å². The lowest BCUT2D eigenvalue weighted by atomic mass is 9.91. The molecule has 3 heterocycles. The molecule has 2 aromatic heterocycles. The normalized spacial score (nSPS) is 17.2. The highest BCUT2D eigenvalue weighted by molar-refractivity contribution is 5.81. The van der Waals surface area contributed by atoms with Crippen molar-refractivity contribution in [3.8, 4) is 16.8 Å². The molecule has 4 aromatic rings. The van der Waals surface area contributed by atoms with Crippen molar-refractivity contribution in [2.45, 2.75) is 44.4 Å². The van der Waals surface area contributed by atoms with Crippen LogP contribution in [0.5, 0.6) is 0 Å². The zero-order chi connectivity index (χ0) is 26.4. The van der Waals surface area contributed by atoms with E-state index in [9.17, 15) is 24.2 Å². The summed E-state index contributed by atoms with van der Waals surface area (Å²) in [4.78, 5) is 31.9. The van der Waals surface area contributed by atoms with Gasteiger partial charge in [0.25, 0.3) is 5.56 Å². The van der Waals surface area contributed by atoms with Crippen LogP contribution in [0.15, 0.2) is 59.8 Å². The van der Waals surface area contributed by atoms with Gasteiger partial charge in [-0.2, -0.15) is 5.10 Å². The number of carbonyl (C=O) groups excluding carboxylic acids is 1. The third kappa shape index (κ3) is 4.50. The van der Waals surface area contributed by atoms with E-state index in [1.807, 2.05) is 4.90 Å². The van der Waals surface area contributed by atoms with Crippen LogP contribution in [0.3, 0.4) is 0 Å². The molecule has 2 N–H and O–H groups in total. The first-order valence-corrected chi connectivity index (χ1v) is 12.8. The highest BCUT2D eigenvalue weighted by Crippen LogP contribution is 2.33. The van der Waals surface area contributed by atoms with Gasteiger partial charge in [0.05, 0.1) is 30.6 Å². The average Bonchev–Trinajstić information content (AvgIpc) is 3.69. The number of fused-ring (bicyclic) bond motifs is 1. The topological polar surface area (TPSA) is 113 Å². The van der Waals surface area contributed by atoms with Gasteiger partial charge in [-0.3, -0.25) is 14.2 Å². The number of likely N-dealkylation sites (tertiary alicyclic amines) is 1. The number of rotatable bonds is 6. The molecule has 0 radical (unpaired) electrons. The minimum absolute atomic E-state index is 0.0981. The van der Waals surface area contributed by atoms with Gasteiger partial charge >= 0.3 is 0 Å². The van der Waals surface area contributed by atoms with Gasteiger partial charge in [-0.25, -0.2) is 14.1 Å². The molecule has 1 aliphatic carbocycles. The molecule has 2 fully saturated rings. The van der Waals surface area contributed by atoms with Gasteiger partial charge < -0.3 is 15.1 Å². The second-order valence-corrected chi connectivity index (χ2v) is 10.3. The second-order valence-electron chi connectivity index (χ2n) is 10.3. The van der Waals surface area contributed by atoms with E-state index in [-0.39, 0.29) is 36.4 Å². The predicted molar refractivity (Wildman–Crippen MR) is 138 cm³/mol. The molecular formula is C28H28FN5O4. The Bertz CT molecular complexity index is 1570. The van der Waals surface area contributed by atoms with Crippen LogP contribution in [0.4, 0.5) is 4.39 Å². The third-order valence-corrected chi connectivity index (χ3v) is 7.62. The van der Waals surface area contributed by atoms with Gasteiger partial charge in [0.1, 0.15) is 17.5 Å². The number of piperidine rings is 1. The van der Waals surface area contributed by atoms with Crippen LogP contribution in [0.1, 0.15) is 31.2 Å². The number of halogens is 1. The number of aromatic nitrogens is 4.